The molecule has 0 N–H and O–H groups in total. The van der Waals surface area contributed by atoms with Crippen molar-refractivity contribution in [3.8, 4) is 0 Å². The van der Waals surface area contributed by atoms with Gasteiger partial charge >= 0.3 is 99.7 Å². The maximum atomic E-state index is 9.98. The molecule has 0 atom stereocenters. The van der Waals surface area contributed by atoms with E-state index in [0.717, 1.165) is 12.8 Å². The first-order chi connectivity index (χ1) is 4.06. The molecule has 0 fully saturated rings. The topological polar surface area (TPSA) is 63.2 Å². The molecule has 0 spiro atoms. The average molecular weight is 596 g/mol. The van der Waals surface area contributed by atoms with Crippen molar-refractivity contribution in [3.05, 3.63) is 0 Å². The third-order valence-electron chi connectivity index (χ3n) is 1.04. The Morgan fingerprint density at radius 2 is 1.64 bits per heavy atom. The predicted octanol–water partition coefficient (Wildman–Crippen LogP) is 0.0903. The summed E-state index contributed by atoms with van der Waals surface area (Å²) in [5.74, 6) is 0. The van der Waals surface area contributed by atoms with Crippen LogP contribution in [0.2, 0.25) is 0 Å². The molecule has 0 saturated carbocycles. The Labute approximate surface area is 150 Å². The quantitative estimate of drug-likeness (QED) is 0.342. The van der Waals surface area contributed by atoms with Crippen LogP contribution < -0.4 is 9.79 Å². The second-order valence-electron chi connectivity index (χ2n) is 2.04. The van der Waals surface area contributed by atoms with Gasteiger partial charge in [0.05, 0.1) is 0 Å². The van der Waals surface area contributed by atoms with Crippen LogP contribution in [0.4, 0.5) is 0 Å². The third kappa shape index (κ3) is 19.7. The zero-order valence-corrected chi connectivity index (χ0v) is 24.8. The van der Waals surface area contributed by atoms with Crippen molar-refractivity contribution in [1.29, 1.82) is 0 Å². The van der Waals surface area contributed by atoms with Gasteiger partial charge in [-0.25, -0.2) is 0 Å². The van der Waals surface area contributed by atoms with E-state index in [0.29, 0.717) is 6.42 Å². The zero-order valence-electron chi connectivity index (χ0n) is 7.50. The molecule has 6 heteroatoms. The first-order valence-corrected chi connectivity index (χ1v) is 4.80. The van der Waals surface area contributed by atoms with Gasteiger partial charge in [0, 0.05) is 0 Å². The van der Waals surface area contributed by atoms with Crippen LogP contribution in [0.3, 0.4) is 0 Å². The molecule has 0 radical (unpaired) electrons. The van der Waals surface area contributed by atoms with E-state index in [-0.39, 0.29) is 106 Å². The van der Waals surface area contributed by atoms with Gasteiger partial charge in [-0.3, -0.25) is 0 Å². The van der Waals surface area contributed by atoms with E-state index in [1.54, 1.807) is 0 Å². The van der Waals surface area contributed by atoms with Crippen molar-refractivity contribution in [2.75, 3.05) is 6.16 Å². The van der Waals surface area contributed by atoms with E-state index in [9.17, 15) is 14.4 Å². The first-order valence-electron chi connectivity index (χ1n) is 3.07. The molecule has 0 aliphatic carbocycles. The van der Waals surface area contributed by atoms with E-state index in [1.165, 1.54) is 0 Å². The molecule has 0 bridgehead atoms. The Kier molecular flexibility index (Phi) is 20.6. The first kappa shape index (κ1) is 19.8. The molecule has 0 aromatic carbocycles. The summed E-state index contributed by atoms with van der Waals surface area (Å²) in [5, 5.41) is 0. The van der Waals surface area contributed by atoms with Gasteiger partial charge in [-0.2, -0.15) is 0 Å². The molecule has 0 aromatic heterocycles. The molecule has 11 heavy (non-hydrogen) atoms. The van der Waals surface area contributed by atoms with Crippen LogP contribution in [0.5, 0.6) is 0 Å². The summed E-state index contributed by atoms with van der Waals surface area (Å²) in [4.78, 5) is 20.0. The molecule has 0 heterocycles. The van der Waals surface area contributed by atoms with Crippen molar-refractivity contribution in [3.63, 3.8) is 0 Å². The number of unbranched alkanes of at least 4 members (excludes halogenated alkanes) is 2. The minimum Gasteiger partial charge on any atom is -0.811 e. The minimum atomic E-state index is -4.20. The van der Waals surface area contributed by atoms with Crippen molar-refractivity contribution in [1.82, 2.24) is 0 Å². The monoisotopic (exact) mass is 596 g/mol. The zero-order chi connectivity index (χ0) is 7.33. The Morgan fingerprint density at radius 3 is 1.91 bits per heavy atom. The molecule has 0 rings (SSSR count). The molecular formula is C5H11Fr2O3P. The molecule has 3 nitrogen and oxygen atoms in total. The minimum absolute atomic E-state index is 0. The summed E-state index contributed by atoms with van der Waals surface area (Å²) in [6.45, 7) is 1.96. The molecule has 56 valence electrons. The SMILES string of the molecule is CCCCCP(=O)([O-])[O-].[Fr+].[Fr+]. The molecule has 0 unspecified atom stereocenters. The van der Waals surface area contributed by atoms with E-state index in [2.05, 4.69) is 0 Å². The molecule has 0 amide bonds. The molecule has 0 saturated heterocycles. The largest absolute Gasteiger partial charge is 1.00 e. The van der Waals surface area contributed by atoms with E-state index >= 15 is 0 Å². The van der Waals surface area contributed by atoms with Crippen molar-refractivity contribution in [2.45, 2.75) is 26.2 Å². The summed E-state index contributed by atoms with van der Waals surface area (Å²) in [7, 11) is -4.20. The average Bonchev–Trinajstić information content (AvgIpc) is 1.63. The second-order valence-corrected chi connectivity index (χ2v) is 3.71. The van der Waals surface area contributed by atoms with E-state index in [4.69, 9.17) is 0 Å². The van der Waals surface area contributed by atoms with Crippen molar-refractivity contribution < 1.29 is 114 Å². The summed E-state index contributed by atoms with van der Waals surface area (Å²) >= 11 is 0. The number of hydrogen-bond donors (Lipinski definition) is 0. The number of rotatable bonds is 4. The van der Waals surface area contributed by atoms with Crippen LogP contribution in [0.25, 0.3) is 0 Å². The maximum Gasteiger partial charge on any atom is 1.00 e. The van der Waals surface area contributed by atoms with Crippen LogP contribution in [-0.4, -0.2) is 6.16 Å². The fourth-order valence-electron chi connectivity index (χ4n) is 0.555. The van der Waals surface area contributed by atoms with Gasteiger partial charge in [0.2, 0.25) is 0 Å². The van der Waals surface area contributed by atoms with Gasteiger partial charge in [0.25, 0.3) is 0 Å². The summed E-state index contributed by atoms with van der Waals surface area (Å²) in [6, 6.07) is 0. The van der Waals surface area contributed by atoms with Gasteiger partial charge in [-0.05, 0) is 12.6 Å². The van der Waals surface area contributed by atoms with Crippen LogP contribution in [0, 0.1) is 99.7 Å². The Bertz CT molecular complexity index is 114. The van der Waals surface area contributed by atoms with Crippen molar-refractivity contribution >= 4 is 7.60 Å². The van der Waals surface area contributed by atoms with Crippen LogP contribution in [-0.2, 0) is 4.57 Å². The van der Waals surface area contributed by atoms with Crippen LogP contribution >= 0.6 is 7.60 Å². The molecule has 0 aromatic rings. The summed E-state index contributed by atoms with van der Waals surface area (Å²) in [6.07, 6.45) is 2.11. The van der Waals surface area contributed by atoms with Crippen LogP contribution in [0.15, 0.2) is 0 Å². The van der Waals surface area contributed by atoms with E-state index in [1.807, 2.05) is 6.92 Å². The van der Waals surface area contributed by atoms with Gasteiger partial charge in [-0.15, -0.1) is 0 Å². The smallest absolute Gasteiger partial charge is 0.811 e. The van der Waals surface area contributed by atoms with Gasteiger partial charge in [0.1, 0.15) is 0 Å². The molecule has 0 aliphatic heterocycles. The van der Waals surface area contributed by atoms with E-state index < -0.39 is 7.60 Å². The normalized spacial score (nSPS) is 9.73. The molecular weight excluding hydrogens is 585 g/mol. The third-order valence-corrected chi connectivity index (χ3v) is 1.90. The Hall–Kier alpha value is 3.34. The summed E-state index contributed by atoms with van der Waals surface area (Å²) in [5.41, 5.74) is 0. The van der Waals surface area contributed by atoms with Crippen molar-refractivity contribution in [2.24, 2.45) is 0 Å². The second kappa shape index (κ2) is 11.4. The predicted molar refractivity (Wildman–Crippen MR) is 32.0 cm³/mol. The summed E-state index contributed by atoms with van der Waals surface area (Å²) < 4.78 is 9.98. The van der Waals surface area contributed by atoms with Gasteiger partial charge in [-0.1, -0.05) is 27.4 Å². The fourth-order valence-corrected chi connectivity index (χ4v) is 1.17. The maximum absolute atomic E-state index is 9.98. The molecule has 0 aliphatic rings. The standard InChI is InChI=1S/C5H13O3P.2Fr/c1-2-3-4-5-9(6,7)8;;/h2-5H2,1H3,(H2,6,7,8);;/q;2*+1/p-2. The van der Waals surface area contributed by atoms with Gasteiger partial charge < -0.3 is 14.4 Å². The van der Waals surface area contributed by atoms with Gasteiger partial charge in [0.15, 0.2) is 0 Å². The fraction of sp³-hybridized carbons (Fsp3) is 1.00. The van der Waals surface area contributed by atoms with Crippen LogP contribution in [0.1, 0.15) is 26.2 Å². The Balaban J connectivity index is -0.000000320. The number of hydrogen-bond acceptors (Lipinski definition) is 3. The Morgan fingerprint density at radius 1 is 1.18 bits per heavy atom.